The highest BCUT2D eigenvalue weighted by atomic mass is 16.5. The van der Waals surface area contributed by atoms with Gasteiger partial charge in [-0.15, -0.1) is 0 Å². The number of benzene rings is 2. The molecule has 0 aromatic heterocycles. The fraction of sp³-hybridized carbons (Fsp3) is 0.0625. The van der Waals surface area contributed by atoms with Gasteiger partial charge >= 0.3 is 5.97 Å². The fourth-order valence-electron chi connectivity index (χ4n) is 1.67. The number of carboxylic acids is 1. The average Bonchev–Trinajstić information content (AvgIpc) is 2.45. The van der Waals surface area contributed by atoms with Crippen molar-refractivity contribution in [1.29, 1.82) is 0 Å². The Labute approximate surface area is 111 Å². The molecule has 0 aliphatic carbocycles. The monoisotopic (exact) mass is 254 g/mol. The Balaban J connectivity index is 2.10. The standard InChI is InChI=1S/C16H14O3/c17-16(18)11-10-13-6-4-5-7-14(13)12-19-15-8-2-1-3-9-15/h1-11H,12H2,(H,17,18)/b11-10+. The van der Waals surface area contributed by atoms with Crippen LogP contribution in [0.4, 0.5) is 0 Å². The molecule has 0 saturated carbocycles. The predicted octanol–water partition coefficient (Wildman–Crippen LogP) is 3.36. The van der Waals surface area contributed by atoms with Crippen molar-refractivity contribution >= 4 is 12.0 Å². The van der Waals surface area contributed by atoms with Gasteiger partial charge in [0.25, 0.3) is 0 Å². The Hall–Kier alpha value is -2.55. The average molecular weight is 254 g/mol. The number of carboxylic acid groups (broad SMARTS) is 1. The van der Waals surface area contributed by atoms with Gasteiger partial charge in [0.05, 0.1) is 0 Å². The van der Waals surface area contributed by atoms with Gasteiger partial charge in [-0.3, -0.25) is 0 Å². The highest BCUT2D eigenvalue weighted by Crippen LogP contribution is 2.15. The van der Waals surface area contributed by atoms with Gasteiger partial charge in [-0.1, -0.05) is 42.5 Å². The maximum atomic E-state index is 10.5. The second kappa shape index (κ2) is 6.40. The van der Waals surface area contributed by atoms with Gasteiger partial charge in [-0.2, -0.15) is 0 Å². The topological polar surface area (TPSA) is 46.5 Å². The minimum Gasteiger partial charge on any atom is -0.489 e. The Kier molecular flexibility index (Phi) is 4.34. The third-order valence-electron chi connectivity index (χ3n) is 2.60. The molecule has 0 amide bonds. The second-order valence-corrected chi connectivity index (χ2v) is 3.97. The van der Waals surface area contributed by atoms with E-state index in [0.29, 0.717) is 6.61 Å². The Morgan fingerprint density at radius 2 is 1.74 bits per heavy atom. The van der Waals surface area contributed by atoms with Gasteiger partial charge < -0.3 is 9.84 Å². The van der Waals surface area contributed by atoms with Crippen LogP contribution in [0, 0.1) is 0 Å². The van der Waals surface area contributed by atoms with Crippen LogP contribution in [0.3, 0.4) is 0 Å². The fourth-order valence-corrected chi connectivity index (χ4v) is 1.67. The van der Waals surface area contributed by atoms with E-state index in [-0.39, 0.29) is 0 Å². The quantitative estimate of drug-likeness (QED) is 0.832. The largest absolute Gasteiger partial charge is 0.489 e. The lowest BCUT2D eigenvalue weighted by Crippen LogP contribution is -1.98. The van der Waals surface area contributed by atoms with E-state index in [4.69, 9.17) is 9.84 Å². The van der Waals surface area contributed by atoms with Crippen LogP contribution < -0.4 is 4.74 Å². The minimum atomic E-state index is -0.959. The van der Waals surface area contributed by atoms with Crippen molar-refractivity contribution in [1.82, 2.24) is 0 Å². The molecular weight excluding hydrogens is 240 g/mol. The van der Waals surface area contributed by atoms with E-state index in [1.54, 1.807) is 6.08 Å². The predicted molar refractivity (Wildman–Crippen MR) is 73.9 cm³/mol. The molecule has 0 fully saturated rings. The summed E-state index contributed by atoms with van der Waals surface area (Å²) in [5, 5.41) is 8.66. The Morgan fingerprint density at radius 1 is 1.05 bits per heavy atom. The number of carbonyl (C=O) groups is 1. The lowest BCUT2D eigenvalue weighted by molar-refractivity contribution is -0.131. The molecule has 2 aromatic carbocycles. The number of ether oxygens (including phenoxy) is 1. The van der Waals surface area contributed by atoms with Crippen LogP contribution in [0.1, 0.15) is 11.1 Å². The zero-order chi connectivity index (χ0) is 13.5. The number of rotatable bonds is 5. The molecule has 2 aromatic rings. The van der Waals surface area contributed by atoms with E-state index >= 15 is 0 Å². The zero-order valence-corrected chi connectivity index (χ0v) is 10.3. The van der Waals surface area contributed by atoms with Crippen molar-refractivity contribution in [3.05, 3.63) is 71.8 Å². The summed E-state index contributed by atoms with van der Waals surface area (Å²) in [5.41, 5.74) is 1.80. The van der Waals surface area contributed by atoms with Gasteiger partial charge in [-0.25, -0.2) is 4.79 Å². The SMILES string of the molecule is O=C(O)/C=C/c1ccccc1COc1ccccc1. The molecule has 3 nitrogen and oxygen atoms in total. The summed E-state index contributed by atoms with van der Waals surface area (Å²) in [6, 6.07) is 17.1. The maximum Gasteiger partial charge on any atom is 0.328 e. The molecule has 0 spiro atoms. The van der Waals surface area contributed by atoms with Crippen LogP contribution in [0.25, 0.3) is 6.08 Å². The molecule has 0 heterocycles. The van der Waals surface area contributed by atoms with Crippen molar-refractivity contribution in [3.63, 3.8) is 0 Å². The van der Waals surface area contributed by atoms with Crippen LogP contribution >= 0.6 is 0 Å². The van der Waals surface area contributed by atoms with Crippen LogP contribution in [0.5, 0.6) is 5.75 Å². The molecule has 0 atom stereocenters. The molecule has 3 heteroatoms. The lowest BCUT2D eigenvalue weighted by Gasteiger charge is -2.08. The van der Waals surface area contributed by atoms with E-state index in [2.05, 4.69) is 0 Å². The molecular formula is C16H14O3. The van der Waals surface area contributed by atoms with E-state index in [1.807, 2.05) is 54.6 Å². The van der Waals surface area contributed by atoms with Crippen LogP contribution in [0.2, 0.25) is 0 Å². The first kappa shape index (κ1) is 12.9. The van der Waals surface area contributed by atoms with E-state index < -0.39 is 5.97 Å². The van der Waals surface area contributed by atoms with Crippen molar-refractivity contribution < 1.29 is 14.6 Å². The Morgan fingerprint density at radius 3 is 2.47 bits per heavy atom. The zero-order valence-electron chi connectivity index (χ0n) is 10.3. The molecule has 0 unspecified atom stereocenters. The summed E-state index contributed by atoms with van der Waals surface area (Å²) in [5.74, 6) is -0.168. The van der Waals surface area contributed by atoms with E-state index in [1.165, 1.54) is 0 Å². The lowest BCUT2D eigenvalue weighted by atomic mass is 10.1. The van der Waals surface area contributed by atoms with Gasteiger partial charge in [0, 0.05) is 6.08 Å². The van der Waals surface area contributed by atoms with Crippen LogP contribution in [-0.4, -0.2) is 11.1 Å². The highest BCUT2D eigenvalue weighted by Gasteiger charge is 2.00. The smallest absolute Gasteiger partial charge is 0.328 e. The van der Waals surface area contributed by atoms with Crippen molar-refractivity contribution in [2.75, 3.05) is 0 Å². The summed E-state index contributed by atoms with van der Waals surface area (Å²) in [4.78, 5) is 10.5. The molecule has 0 saturated heterocycles. The summed E-state index contributed by atoms with van der Waals surface area (Å²) < 4.78 is 5.66. The van der Waals surface area contributed by atoms with Gasteiger partial charge in [-0.05, 0) is 29.3 Å². The summed E-state index contributed by atoms with van der Waals surface area (Å²) >= 11 is 0. The molecule has 1 N–H and O–H groups in total. The molecule has 0 aliphatic heterocycles. The van der Waals surface area contributed by atoms with Crippen molar-refractivity contribution in [2.45, 2.75) is 6.61 Å². The normalized spacial score (nSPS) is 10.5. The first-order valence-electron chi connectivity index (χ1n) is 5.92. The van der Waals surface area contributed by atoms with Gasteiger partial charge in [0.1, 0.15) is 12.4 Å². The summed E-state index contributed by atoms with van der Waals surface area (Å²) in [7, 11) is 0. The van der Waals surface area contributed by atoms with E-state index in [0.717, 1.165) is 23.0 Å². The number of para-hydroxylation sites is 1. The second-order valence-electron chi connectivity index (χ2n) is 3.97. The first-order chi connectivity index (χ1) is 9.25. The molecule has 19 heavy (non-hydrogen) atoms. The number of hydrogen-bond acceptors (Lipinski definition) is 2. The molecule has 0 radical (unpaired) electrons. The first-order valence-corrected chi connectivity index (χ1v) is 5.92. The molecule has 96 valence electrons. The summed E-state index contributed by atoms with van der Waals surface area (Å²) in [6.45, 7) is 0.407. The maximum absolute atomic E-state index is 10.5. The Bertz CT molecular complexity index is 574. The molecule has 0 bridgehead atoms. The third kappa shape index (κ3) is 4.00. The molecule has 0 aliphatic rings. The van der Waals surface area contributed by atoms with Gasteiger partial charge in [0.15, 0.2) is 0 Å². The van der Waals surface area contributed by atoms with Gasteiger partial charge in [0.2, 0.25) is 0 Å². The third-order valence-corrected chi connectivity index (χ3v) is 2.60. The van der Waals surface area contributed by atoms with Crippen molar-refractivity contribution in [3.8, 4) is 5.75 Å². The van der Waals surface area contributed by atoms with Crippen molar-refractivity contribution in [2.24, 2.45) is 0 Å². The van der Waals surface area contributed by atoms with Crippen LogP contribution in [-0.2, 0) is 11.4 Å². The molecule has 2 rings (SSSR count). The van der Waals surface area contributed by atoms with E-state index in [9.17, 15) is 4.79 Å². The summed E-state index contributed by atoms with van der Waals surface area (Å²) in [6.07, 6.45) is 2.70. The highest BCUT2D eigenvalue weighted by molar-refractivity contribution is 5.85. The van der Waals surface area contributed by atoms with Crippen LogP contribution in [0.15, 0.2) is 60.7 Å². The number of aliphatic carboxylic acids is 1. The number of hydrogen-bond donors (Lipinski definition) is 1. The minimum absolute atomic E-state index is 0.407.